The molecule has 94 valence electrons. The monoisotopic (exact) mass is 363 g/mol. The lowest BCUT2D eigenvalue weighted by Crippen LogP contribution is -2.35. The Labute approximate surface area is 118 Å². The Bertz CT molecular complexity index is 390. The molecule has 0 aromatic carbocycles. The van der Waals surface area contributed by atoms with Gasteiger partial charge in [-0.3, -0.25) is 0 Å². The molecular formula is C12H15Br2NO2. The van der Waals surface area contributed by atoms with Crippen molar-refractivity contribution in [1.29, 1.82) is 0 Å². The highest BCUT2D eigenvalue weighted by atomic mass is 79.9. The van der Waals surface area contributed by atoms with Crippen LogP contribution < -0.4 is 4.74 Å². The summed E-state index contributed by atoms with van der Waals surface area (Å²) in [6, 6.07) is 1.94. The van der Waals surface area contributed by atoms with Crippen molar-refractivity contribution in [2.75, 3.05) is 0 Å². The number of nitrogens with zero attached hydrogens (tertiary/aromatic N) is 1. The number of pyridine rings is 1. The normalized spacial score (nSPS) is 29.1. The quantitative estimate of drug-likeness (QED) is 0.796. The summed E-state index contributed by atoms with van der Waals surface area (Å²) in [5.41, 5.74) is 0. The van der Waals surface area contributed by atoms with Gasteiger partial charge in [-0.15, -0.1) is 0 Å². The number of hydrogen-bond acceptors (Lipinski definition) is 3. The van der Waals surface area contributed by atoms with Crippen molar-refractivity contribution in [3.8, 4) is 5.88 Å². The van der Waals surface area contributed by atoms with Gasteiger partial charge in [-0.25, -0.2) is 4.98 Å². The predicted molar refractivity (Wildman–Crippen MR) is 73.3 cm³/mol. The molecule has 1 fully saturated rings. The molecule has 0 bridgehead atoms. The van der Waals surface area contributed by atoms with E-state index < -0.39 is 0 Å². The number of rotatable bonds is 2. The maximum atomic E-state index is 5.92. The predicted octanol–water partition coefficient (Wildman–Crippen LogP) is 3.94. The van der Waals surface area contributed by atoms with Crippen molar-refractivity contribution in [1.82, 2.24) is 4.98 Å². The standard InChI is InChI=1S/C12H15Br2NO2/c1-7-3-10(4-8(2)16-7)17-12-11(14)5-9(13)6-15-12/h5-8,10H,3-4H2,1-2H3. The zero-order valence-electron chi connectivity index (χ0n) is 9.82. The highest BCUT2D eigenvalue weighted by molar-refractivity contribution is 9.11. The Morgan fingerprint density at radius 2 is 1.94 bits per heavy atom. The maximum absolute atomic E-state index is 5.92. The van der Waals surface area contributed by atoms with E-state index in [1.807, 2.05) is 6.07 Å². The molecule has 2 rings (SSSR count). The van der Waals surface area contributed by atoms with E-state index in [4.69, 9.17) is 9.47 Å². The Hall–Kier alpha value is -0.130. The molecule has 1 saturated heterocycles. The Balaban J connectivity index is 2.04. The Morgan fingerprint density at radius 3 is 2.53 bits per heavy atom. The maximum Gasteiger partial charge on any atom is 0.228 e. The second kappa shape index (κ2) is 5.67. The molecule has 17 heavy (non-hydrogen) atoms. The second-order valence-electron chi connectivity index (χ2n) is 4.41. The van der Waals surface area contributed by atoms with Crippen molar-refractivity contribution < 1.29 is 9.47 Å². The van der Waals surface area contributed by atoms with Crippen LogP contribution in [0.1, 0.15) is 26.7 Å². The molecule has 2 heterocycles. The van der Waals surface area contributed by atoms with E-state index in [0.717, 1.165) is 21.8 Å². The summed E-state index contributed by atoms with van der Waals surface area (Å²) in [6.45, 7) is 4.16. The number of hydrogen-bond donors (Lipinski definition) is 0. The molecule has 1 aromatic heterocycles. The summed E-state index contributed by atoms with van der Waals surface area (Å²) in [5, 5.41) is 0. The zero-order valence-corrected chi connectivity index (χ0v) is 13.0. The molecule has 0 spiro atoms. The van der Waals surface area contributed by atoms with Crippen molar-refractivity contribution in [3.63, 3.8) is 0 Å². The third-order valence-electron chi connectivity index (χ3n) is 2.71. The number of ether oxygens (including phenoxy) is 2. The van der Waals surface area contributed by atoms with Crippen LogP contribution in [0.5, 0.6) is 5.88 Å². The highest BCUT2D eigenvalue weighted by Crippen LogP contribution is 2.29. The first kappa shape index (κ1) is 13.3. The van der Waals surface area contributed by atoms with E-state index >= 15 is 0 Å². The van der Waals surface area contributed by atoms with Gasteiger partial charge in [0.2, 0.25) is 5.88 Å². The van der Waals surface area contributed by atoms with E-state index in [1.54, 1.807) is 6.20 Å². The van der Waals surface area contributed by atoms with Crippen LogP contribution >= 0.6 is 31.9 Å². The number of halogens is 2. The van der Waals surface area contributed by atoms with Gasteiger partial charge in [0.1, 0.15) is 6.10 Å². The Morgan fingerprint density at radius 1 is 1.29 bits per heavy atom. The van der Waals surface area contributed by atoms with E-state index in [2.05, 4.69) is 50.7 Å². The first-order valence-electron chi connectivity index (χ1n) is 5.67. The lowest BCUT2D eigenvalue weighted by Gasteiger charge is -2.32. The van der Waals surface area contributed by atoms with Crippen molar-refractivity contribution in [2.45, 2.75) is 45.0 Å². The molecular weight excluding hydrogens is 350 g/mol. The fourth-order valence-corrected chi connectivity index (χ4v) is 3.17. The minimum atomic E-state index is 0.179. The third-order valence-corrected chi connectivity index (χ3v) is 3.71. The first-order valence-corrected chi connectivity index (χ1v) is 7.26. The van der Waals surface area contributed by atoms with Gasteiger partial charge in [-0.2, -0.15) is 0 Å². The van der Waals surface area contributed by atoms with Crippen molar-refractivity contribution in [3.05, 3.63) is 21.2 Å². The average molecular weight is 365 g/mol. The zero-order chi connectivity index (χ0) is 12.4. The van der Waals surface area contributed by atoms with Crippen LogP contribution in [0.15, 0.2) is 21.2 Å². The molecule has 3 nitrogen and oxygen atoms in total. The Kier molecular flexibility index (Phi) is 4.44. The topological polar surface area (TPSA) is 31.4 Å². The molecule has 5 heteroatoms. The molecule has 2 atom stereocenters. The van der Waals surface area contributed by atoms with Gasteiger partial charge in [-0.05, 0) is 51.8 Å². The molecule has 2 unspecified atom stereocenters. The fourth-order valence-electron chi connectivity index (χ4n) is 2.09. The fraction of sp³-hybridized carbons (Fsp3) is 0.583. The SMILES string of the molecule is CC1CC(Oc2ncc(Br)cc2Br)CC(C)O1. The second-order valence-corrected chi connectivity index (χ2v) is 6.18. The van der Waals surface area contributed by atoms with Crippen LogP contribution in [0.3, 0.4) is 0 Å². The largest absolute Gasteiger partial charge is 0.473 e. The van der Waals surface area contributed by atoms with E-state index in [9.17, 15) is 0 Å². The molecule has 0 saturated carbocycles. The summed E-state index contributed by atoms with van der Waals surface area (Å²) in [6.07, 6.45) is 4.24. The smallest absolute Gasteiger partial charge is 0.228 e. The number of aromatic nitrogens is 1. The molecule has 1 aliphatic heterocycles. The van der Waals surface area contributed by atoms with E-state index in [0.29, 0.717) is 5.88 Å². The minimum absolute atomic E-state index is 0.179. The molecule has 1 aliphatic rings. The lowest BCUT2D eigenvalue weighted by molar-refractivity contribution is -0.0731. The van der Waals surface area contributed by atoms with Gasteiger partial charge in [0.05, 0.1) is 16.7 Å². The van der Waals surface area contributed by atoms with Crippen molar-refractivity contribution >= 4 is 31.9 Å². The minimum Gasteiger partial charge on any atom is -0.473 e. The van der Waals surface area contributed by atoms with E-state index in [1.165, 1.54) is 0 Å². The van der Waals surface area contributed by atoms with Crippen LogP contribution in [0.4, 0.5) is 0 Å². The summed E-state index contributed by atoms with van der Waals surface area (Å²) in [7, 11) is 0. The molecule has 0 amide bonds. The van der Waals surface area contributed by atoms with Gasteiger partial charge in [0.15, 0.2) is 0 Å². The summed E-state index contributed by atoms with van der Waals surface area (Å²) in [4.78, 5) is 4.27. The molecule has 0 N–H and O–H groups in total. The van der Waals surface area contributed by atoms with Crippen LogP contribution in [0.25, 0.3) is 0 Å². The van der Waals surface area contributed by atoms with Crippen LogP contribution in [0, 0.1) is 0 Å². The van der Waals surface area contributed by atoms with Gasteiger partial charge in [-0.1, -0.05) is 0 Å². The summed E-state index contributed by atoms with van der Waals surface area (Å²) < 4.78 is 13.4. The molecule has 1 aromatic rings. The first-order chi connectivity index (χ1) is 8.04. The molecule has 0 radical (unpaired) electrons. The summed E-state index contributed by atoms with van der Waals surface area (Å²) in [5.74, 6) is 0.652. The van der Waals surface area contributed by atoms with E-state index in [-0.39, 0.29) is 18.3 Å². The van der Waals surface area contributed by atoms with Crippen LogP contribution in [-0.4, -0.2) is 23.3 Å². The third kappa shape index (κ3) is 3.66. The highest BCUT2D eigenvalue weighted by Gasteiger charge is 2.26. The van der Waals surface area contributed by atoms with Gasteiger partial charge >= 0.3 is 0 Å². The average Bonchev–Trinajstić information content (AvgIpc) is 2.21. The molecule has 0 aliphatic carbocycles. The van der Waals surface area contributed by atoms with Crippen LogP contribution in [-0.2, 0) is 4.74 Å². The lowest BCUT2D eigenvalue weighted by atomic mass is 10.0. The summed E-state index contributed by atoms with van der Waals surface area (Å²) >= 11 is 6.83. The van der Waals surface area contributed by atoms with Gasteiger partial charge in [0, 0.05) is 23.5 Å². The van der Waals surface area contributed by atoms with Gasteiger partial charge in [0.25, 0.3) is 0 Å². The van der Waals surface area contributed by atoms with Gasteiger partial charge < -0.3 is 9.47 Å². The van der Waals surface area contributed by atoms with Crippen molar-refractivity contribution in [2.24, 2.45) is 0 Å². The van der Waals surface area contributed by atoms with Crippen LogP contribution in [0.2, 0.25) is 0 Å².